The summed E-state index contributed by atoms with van der Waals surface area (Å²) in [6, 6.07) is 15.9. The van der Waals surface area contributed by atoms with E-state index in [4.69, 9.17) is 0 Å². The molecule has 0 spiro atoms. The van der Waals surface area contributed by atoms with E-state index in [0.717, 1.165) is 24.0 Å². The number of carbonyl (C=O) groups excluding carboxylic acids is 1. The zero-order valence-corrected chi connectivity index (χ0v) is 17.3. The molecule has 1 fully saturated rings. The number of carbonyl (C=O) groups is 1. The van der Waals surface area contributed by atoms with Gasteiger partial charge in [-0.3, -0.25) is 9.48 Å². The summed E-state index contributed by atoms with van der Waals surface area (Å²) in [6.07, 6.45) is 5.78. The molecule has 3 aromatic rings. The summed E-state index contributed by atoms with van der Waals surface area (Å²) in [5.74, 6) is 0.132. The molecule has 0 unspecified atom stereocenters. The van der Waals surface area contributed by atoms with E-state index in [2.05, 4.69) is 15.1 Å². The van der Waals surface area contributed by atoms with E-state index in [1.807, 2.05) is 41.2 Å². The Balaban J connectivity index is 1.34. The monoisotopic (exact) mass is 424 g/mol. The Morgan fingerprint density at radius 1 is 1.07 bits per heavy atom. The molecule has 1 amide bonds. The molecule has 1 aromatic heterocycles. The highest BCUT2D eigenvalue weighted by atomic mass is 32.2. The fourth-order valence-electron chi connectivity index (χ4n) is 3.07. The molecule has 0 atom stereocenters. The van der Waals surface area contributed by atoms with Gasteiger partial charge >= 0.3 is 0 Å². The number of hydrogen-bond acceptors (Lipinski definition) is 4. The maximum absolute atomic E-state index is 12.5. The first-order valence-corrected chi connectivity index (χ1v) is 11.4. The number of hydrogen-bond donors (Lipinski definition) is 2. The van der Waals surface area contributed by atoms with Crippen LogP contribution in [0.25, 0.3) is 0 Å². The van der Waals surface area contributed by atoms with Crippen molar-refractivity contribution in [3.63, 3.8) is 0 Å². The maximum Gasteiger partial charge on any atom is 0.251 e. The molecule has 1 aliphatic rings. The molecular weight excluding hydrogens is 400 g/mol. The summed E-state index contributed by atoms with van der Waals surface area (Å²) in [5.41, 5.74) is 2.40. The average molecular weight is 425 g/mol. The molecule has 1 saturated carbocycles. The van der Waals surface area contributed by atoms with Crippen molar-refractivity contribution >= 4 is 15.9 Å². The molecule has 8 heteroatoms. The molecule has 0 radical (unpaired) electrons. The van der Waals surface area contributed by atoms with Crippen LogP contribution in [0.15, 0.2) is 71.9 Å². The number of nitrogens with one attached hydrogen (secondary N) is 2. The van der Waals surface area contributed by atoms with Gasteiger partial charge in [-0.15, -0.1) is 0 Å². The van der Waals surface area contributed by atoms with Crippen LogP contribution in [-0.4, -0.2) is 30.7 Å². The molecule has 4 rings (SSSR count). The molecular formula is C22H24N4O3S. The van der Waals surface area contributed by atoms with E-state index in [0.29, 0.717) is 31.1 Å². The third-order valence-electron chi connectivity index (χ3n) is 5.05. The highest BCUT2D eigenvalue weighted by Crippen LogP contribution is 2.28. The van der Waals surface area contributed by atoms with E-state index >= 15 is 0 Å². The molecule has 0 bridgehead atoms. The second-order valence-corrected chi connectivity index (χ2v) is 9.29. The van der Waals surface area contributed by atoms with Crippen molar-refractivity contribution in [3.8, 4) is 0 Å². The summed E-state index contributed by atoms with van der Waals surface area (Å²) >= 11 is 0. The Labute approximate surface area is 176 Å². The van der Waals surface area contributed by atoms with Crippen molar-refractivity contribution in [2.75, 3.05) is 6.54 Å². The van der Waals surface area contributed by atoms with Crippen molar-refractivity contribution in [1.82, 2.24) is 19.8 Å². The van der Waals surface area contributed by atoms with Gasteiger partial charge in [0.25, 0.3) is 5.91 Å². The largest absolute Gasteiger partial charge is 0.348 e. The van der Waals surface area contributed by atoms with Crippen LogP contribution in [0.5, 0.6) is 0 Å². The van der Waals surface area contributed by atoms with Gasteiger partial charge in [-0.1, -0.05) is 30.3 Å². The average Bonchev–Trinajstić information content (AvgIpc) is 3.46. The molecule has 2 aromatic carbocycles. The summed E-state index contributed by atoms with van der Waals surface area (Å²) in [6.45, 7) is 1.50. The lowest BCUT2D eigenvalue weighted by Crippen LogP contribution is -2.27. The minimum Gasteiger partial charge on any atom is -0.348 e. The van der Waals surface area contributed by atoms with Crippen LogP contribution in [0, 0.1) is 5.92 Å². The molecule has 7 nitrogen and oxygen atoms in total. The number of amides is 1. The van der Waals surface area contributed by atoms with Crippen LogP contribution in [0.3, 0.4) is 0 Å². The van der Waals surface area contributed by atoms with Gasteiger partial charge in [0.1, 0.15) is 0 Å². The van der Waals surface area contributed by atoms with Crippen LogP contribution in [0.4, 0.5) is 0 Å². The van der Waals surface area contributed by atoms with Crippen LogP contribution in [0.2, 0.25) is 0 Å². The zero-order valence-electron chi connectivity index (χ0n) is 16.5. The third kappa shape index (κ3) is 5.34. The quantitative estimate of drug-likeness (QED) is 0.552. The zero-order chi connectivity index (χ0) is 21.0. The molecule has 1 aliphatic carbocycles. The number of aromatic nitrogens is 2. The Kier molecular flexibility index (Phi) is 5.96. The molecule has 30 heavy (non-hydrogen) atoms. The van der Waals surface area contributed by atoms with E-state index in [1.165, 1.54) is 12.1 Å². The van der Waals surface area contributed by atoms with E-state index < -0.39 is 10.0 Å². The Morgan fingerprint density at radius 2 is 1.83 bits per heavy atom. The van der Waals surface area contributed by atoms with Crippen molar-refractivity contribution in [2.24, 2.45) is 5.92 Å². The highest BCUT2D eigenvalue weighted by molar-refractivity contribution is 7.89. The number of sulfonamides is 1. The SMILES string of the molecule is O=C(NCc1ccc(Cn2cccn2)cc1)c1cccc(S(=O)(=O)NCC2CC2)c1. The molecule has 2 N–H and O–H groups in total. The van der Waals surface area contributed by atoms with Crippen molar-refractivity contribution in [1.29, 1.82) is 0 Å². The van der Waals surface area contributed by atoms with Gasteiger partial charge in [-0.25, -0.2) is 13.1 Å². The van der Waals surface area contributed by atoms with Gasteiger partial charge in [-0.2, -0.15) is 5.10 Å². The predicted molar refractivity (Wildman–Crippen MR) is 113 cm³/mol. The van der Waals surface area contributed by atoms with Gasteiger partial charge < -0.3 is 5.32 Å². The highest BCUT2D eigenvalue weighted by Gasteiger charge is 2.24. The smallest absolute Gasteiger partial charge is 0.251 e. The van der Waals surface area contributed by atoms with Crippen LogP contribution >= 0.6 is 0 Å². The van der Waals surface area contributed by atoms with Crippen molar-refractivity contribution in [2.45, 2.75) is 30.8 Å². The summed E-state index contributed by atoms with van der Waals surface area (Å²) in [4.78, 5) is 12.6. The van der Waals surface area contributed by atoms with Crippen LogP contribution < -0.4 is 10.0 Å². The van der Waals surface area contributed by atoms with Gasteiger partial charge in [0.15, 0.2) is 0 Å². The minimum atomic E-state index is -3.60. The molecule has 0 aliphatic heterocycles. The second-order valence-electron chi connectivity index (χ2n) is 7.53. The topological polar surface area (TPSA) is 93.1 Å². The van der Waals surface area contributed by atoms with Crippen LogP contribution in [-0.2, 0) is 23.1 Å². The third-order valence-corrected chi connectivity index (χ3v) is 6.47. The Bertz CT molecular complexity index is 1110. The number of nitrogens with zero attached hydrogens (tertiary/aromatic N) is 2. The second kappa shape index (κ2) is 8.81. The lowest BCUT2D eigenvalue weighted by Gasteiger charge is -2.09. The fourth-order valence-corrected chi connectivity index (χ4v) is 4.23. The standard InChI is InChI=1S/C22H24N4O3S/c27-22(20-3-1-4-21(13-20)30(28,29)25-15-18-5-6-18)23-14-17-7-9-19(10-8-17)16-26-12-2-11-24-26/h1-4,7-13,18,25H,5-6,14-16H2,(H,23,27). The van der Waals surface area contributed by atoms with E-state index in [-0.39, 0.29) is 10.8 Å². The van der Waals surface area contributed by atoms with Crippen molar-refractivity contribution < 1.29 is 13.2 Å². The number of rotatable bonds is 9. The van der Waals surface area contributed by atoms with Gasteiger partial charge in [-0.05, 0) is 54.2 Å². The molecule has 0 saturated heterocycles. The normalized spacial score (nSPS) is 13.9. The molecule has 1 heterocycles. The minimum absolute atomic E-state index is 0.110. The predicted octanol–water partition coefficient (Wildman–Crippen LogP) is 2.55. The fraction of sp³-hybridized carbons (Fsp3) is 0.273. The first kappa shape index (κ1) is 20.3. The lowest BCUT2D eigenvalue weighted by atomic mass is 10.1. The first-order chi connectivity index (χ1) is 14.5. The molecule has 156 valence electrons. The Hall–Kier alpha value is -2.97. The van der Waals surface area contributed by atoms with Gasteiger partial charge in [0.2, 0.25) is 10.0 Å². The maximum atomic E-state index is 12.5. The van der Waals surface area contributed by atoms with Gasteiger partial charge in [0, 0.05) is 31.0 Å². The summed E-state index contributed by atoms with van der Waals surface area (Å²) in [7, 11) is -3.60. The lowest BCUT2D eigenvalue weighted by molar-refractivity contribution is 0.0950. The first-order valence-electron chi connectivity index (χ1n) is 9.93. The number of benzene rings is 2. The van der Waals surface area contributed by atoms with Gasteiger partial charge in [0.05, 0.1) is 11.4 Å². The summed E-state index contributed by atoms with van der Waals surface area (Å²) < 4.78 is 29.3. The van der Waals surface area contributed by atoms with Crippen molar-refractivity contribution in [3.05, 3.63) is 83.7 Å². The van der Waals surface area contributed by atoms with Crippen LogP contribution in [0.1, 0.15) is 34.3 Å². The summed E-state index contributed by atoms with van der Waals surface area (Å²) in [5, 5.41) is 7.03. The van der Waals surface area contributed by atoms with E-state index in [9.17, 15) is 13.2 Å². The van der Waals surface area contributed by atoms with E-state index in [1.54, 1.807) is 18.3 Å². The Morgan fingerprint density at radius 3 is 2.53 bits per heavy atom.